The minimum Gasteiger partial charge on any atom is -0.314 e. The van der Waals surface area contributed by atoms with Crippen LogP contribution in [0.1, 0.15) is 43.2 Å². The Morgan fingerprint density at radius 1 is 1.12 bits per heavy atom. The lowest BCUT2D eigenvalue weighted by atomic mass is 9.76. The second-order valence-electron chi connectivity index (χ2n) is 6.72. The van der Waals surface area contributed by atoms with Crippen molar-refractivity contribution in [2.45, 2.75) is 37.5 Å². The number of rotatable bonds is 5. The van der Waals surface area contributed by atoms with Crippen LogP contribution in [-0.2, 0) is 10.2 Å². The topological polar surface area (TPSA) is 44.1 Å². The molecule has 0 N–H and O–H groups in total. The molecule has 0 bridgehead atoms. The summed E-state index contributed by atoms with van der Waals surface area (Å²) in [6.45, 7) is 2.03. The van der Waals surface area contributed by atoms with Crippen molar-refractivity contribution < 1.29 is 4.79 Å². The van der Waals surface area contributed by atoms with Gasteiger partial charge in [-0.05, 0) is 42.9 Å². The second kappa shape index (κ2) is 6.49. The highest BCUT2D eigenvalue weighted by Gasteiger charge is 2.45. The Balaban J connectivity index is 1.85. The van der Waals surface area contributed by atoms with Crippen LogP contribution < -0.4 is 4.90 Å². The van der Waals surface area contributed by atoms with E-state index in [1.54, 1.807) is 4.90 Å². The van der Waals surface area contributed by atoms with Crippen LogP contribution >= 0.6 is 0 Å². The van der Waals surface area contributed by atoms with Crippen molar-refractivity contribution in [2.24, 2.45) is 0 Å². The van der Waals surface area contributed by atoms with Crippen LogP contribution in [0, 0.1) is 11.3 Å². The molecule has 122 valence electrons. The van der Waals surface area contributed by atoms with Gasteiger partial charge in [-0.1, -0.05) is 48.5 Å². The molecule has 2 unspecified atom stereocenters. The van der Waals surface area contributed by atoms with Crippen molar-refractivity contribution in [3.05, 3.63) is 65.7 Å². The fraction of sp³-hybridized carbons (Fsp3) is 0.333. The zero-order chi connectivity index (χ0) is 17.2. The van der Waals surface area contributed by atoms with Crippen LogP contribution in [0.2, 0.25) is 0 Å². The number of para-hydroxylation sites is 1. The van der Waals surface area contributed by atoms with Crippen LogP contribution in [-0.4, -0.2) is 13.0 Å². The van der Waals surface area contributed by atoms with Crippen molar-refractivity contribution in [1.29, 1.82) is 5.26 Å². The number of likely N-dealkylation sites (N-methyl/N-ethyl adjacent to an activating group) is 1. The van der Waals surface area contributed by atoms with Gasteiger partial charge in [-0.2, -0.15) is 5.26 Å². The van der Waals surface area contributed by atoms with E-state index in [0.717, 1.165) is 24.1 Å². The number of anilines is 1. The predicted octanol–water partition coefficient (Wildman–Crippen LogP) is 4.40. The Morgan fingerprint density at radius 3 is 2.50 bits per heavy atom. The van der Waals surface area contributed by atoms with E-state index >= 15 is 0 Å². The Bertz CT molecular complexity index is 778. The van der Waals surface area contributed by atoms with Gasteiger partial charge in [-0.25, -0.2) is 0 Å². The SMILES string of the molecule is CN1C(=O)C(C)(CCC(CC#N)c2ccccc2)c2ccccc21. The number of carbonyl (C=O) groups excluding carboxylic acids is 1. The molecule has 0 saturated carbocycles. The van der Waals surface area contributed by atoms with Crippen molar-refractivity contribution in [2.75, 3.05) is 11.9 Å². The van der Waals surface area contributed by atoms with Crippen molar-refractivity contribution in [3.8, 4) is 6.07 Å². The van der Waals surface area contributed by atoms with Crippen molar-refractivity contribution in [3.63, 3.8) is 0 Å². The molecular weight excluding hydrogens is 296 g/mol. The molecule has 0 aromatic heterocycles. The highest BCUT2D eigenvalue weighted by atomic mass is 16.2. The zero-order valence-corrected chi connectivity index (χ0v) is 14.2. The lowest BCUT2D eigenvalue weighted by molar-refractivity contribution is -0.122. The maximum Gasteiger partial charge on any atom is 0.237 e. The molecule has 3 heteroatoms. The Morgan fingerprint density at radius 2 is 1.79 bits per heavy atom. The Kier molecular flexibility index (Phi) is 4.40. The minimum atomic E-state index is -0.506. The molecule has 0 spiro atoms. The molecule has 3 rings (SSSR count). The number of amides is 1. The molecule has 0 radical (unpaired) electrons. The van der Waals surface area contributed by atoms with Gasteiger partial charge in [0.25, 0.3) is 0 Å². The summed E-state index contributed by atoms with van der Waals surface area (Å²) in [4.78, 5) is 14.6. The summed E-state index contributed by atoms with van der Waals surface area (Å²) in [5.41, 5.74) is 2.77. The van der Waals surface area contributed by atoms with Gasteiger partial charge >= 0.3 is 0 Å². The zero-order valence-electron chi connectivity index (χ0n) is 14.2. The Labute approximate surface area is 143 Å². The molecule has 0 saturated heterocycles. The van der Waals surface area contributed by atoms with E-state index in [-0.39, 0.29) is 11.8 Å². The lowest BCUT2D eigenvalue weighted by Gasteiger charge is -2.25. The largest absolute Gasteiger partial charge is 0.314 e. The van der Waals surface area contributed by atoms with Gasteiger partial charge in [-0.15, -0.1) is 0 Å². The molecule has 2 aromatic carbocycles. The molecule has 1 amide bonds. The molecule has 0 fully saturated rings. The van der Waals surface area contributed by atoms with Gasteiger partial charge in [0.15, 0.2) is 0 Å². The third kappa shape index (κ3) is 2.69. The monoisotopic (exact) mass is 318 g/mol. The first kappa shape index (κ1) is 16.3. The second-order valence-corrected chi connectivity index (χ2v) is 6.72. The maximum absolute atomic E-state index is 12.9. The highest BCUT2D eigenvalue weighted by molar-refractivity contribution is 6.07. The molecular formula is C21H22N2O. The van der Waals surface area contributed by atoms with E-state index in [4.69, 9.17) is 0 Å². The summed E-state index contributed by atoms with van der Waals surface area (Å²) in [7, 11) is 1.84. The van der Waals surface area contributed by atoms with E-state index in [1.807, 2.05) is 50.4 Å². The third-order valence-electron chi connectivity index (χ3n) is 5.24. The van der Waals surface area contributed by atoms with Gasteiger partial charge in [0, 0.05) is 19.2 Å². The first-order valence-electron chi connectivity index (χ1n) is 8.37. The van der Waals surface area contributed by atoms with E-state index < -0.39 is 5.41 Å². The third-order valence-corrected chi connectivity index (χ3v) is 5.24. The number of carbonyl (C=O) groups is 1. The van der Waals surface area contributed by atoms with Crippen LogP contribution in [0.4, 0.5) is 5.69 Å². The number of hydrogen-bond acceptors (Lipinski definition) is 2. The first-order valence-corrected chi connectivity index (χ1v) is 8.37. The molecule has 0 aliphatic carbocycles. The van der Waals surface area contributed by atoms with Crippen LogP contribution in [0.15, 0.2) is 54.6 Å². The average Bonchev–Trinajstić information content (AvgIpc) is 2.82. The summed E-state index contributed by atoms with van der Waals surface area (Å²) in [5.74, 6) is 0.311. The number of fused-ring (bicyclic) bond motifs is 1. The normalized spacial score (nSPS) is 20.5. The van der Waals surface area contributed by atoms with E-state index in [1.165, 1.54) is 5.56 Å². The van der Waals surface area contributed by atoms with Gasteiger partial charge in [0.2, 0.25) is 5.91 Å². The van der Waals surface area contributed by atoms with Crippen molar-refractivity contribution >= 4 is 11.6 Å². The van der Waals surface area contributed by atoms with E-state index in [0.29, 0.717) is 6.42 Å². The quantitative estimate of drug-likeness (QED) is 0.820. The molecule has 1 aliphatic heterocycles. The maximum atomic E-state index is 12.9. The van der Waals surface area contributed by atoms with Gasteiger partial charge in [0.05, 0.1) is 11.5 Å². The molecule has 3 nitrogen and oxygen atoms in total. The molecule has 24 heavy (non-hydrogen) atoms. The number of benzene rings is 2. The van der Waals surface area contributed by atoms with Crippen LogP contribution in [0.25, 0.3) is 0 Å². The Hall–Kier alpha value is -2.60. The molecule has 1 heterocycles. The standard InChI is InChI=1S/C21H22N2O/c1-21(18-10-6-7-11-19(18)23(2)20(21)24)14-12-17(13-15-22)16-8-4-3-5-9-16/h3-11,17H,12-14H2,1-2H3. The number of nitrogens with zero attached hydrogens (tertiary/aromatic N) is 2. The summed E-state index contributed by atoms with van der Waals surface area (Å²) in [6.07, 6.45) is 2.04. The summed E-state index contributed by atoms with van der Waals surface area (Å²) >= 11 is 0. The lowest BCUT2D eigenvalue weighted by Crippen LogP contribution is -2.36. The first-order chi connectivity index (χ1) is 11.6. The van der Waals surface area contributed by atoms with Crippen molar-refractivity contribution in [1.82, 2.24) is 0 Å². The smallest absolute Gasteiger partial charge is 0.237 e. The van der Waals surface area contributed by atoms with E-state index in [9.17, 15) is 10.1 Å². The van der Waals surface area contributed by atoms with Crippen LogP contribution in [0.5, 0.6) is 0 Å². The molecule has 2 aromatic rings. The summed E-state index contributed by atoms with van der Waals surface area (Å²) in [6, 6.07) is 20.5. The van der Waals surface area contributed by atoms with Crippen LogP contribution in [0.3, 0.4) is 0 Å². The van der Waals surface area contributed by atoms with Gasteiger partial charge in [-0.3, -0.25) is 4.79 Å². The predicted molar refractivity (Wildman–Crippen MR) is 95.9 cm³/mol. The number of nitriles is 1. The highest BCUT2D eigenvalue weighted by Crippen LogP contribution is 2.45. The minimum absolute atomic E-state index is 0.146. The number of hydrogen-bond donors (Lipinski definition) is 0. The summed E-state index contributed by atoms with van der Waals surface area (Å²) in [5, 5.41) is 9.18. The fourth-order valence-corrected chi connectivity index (χ4v) is 3.75. The average molecular weight is 318 g/mol. The molecule has 2 atom stereocenters. The van der Waals surface area contributed by atoms with Gasteiger partial charge < -0.3 is 4.90 Å². The summed E-state index contributed by atoms with van der Waals surface area (Å²) < 4.78 is 0. The van der Waals surface area contributed by atoms with E-state index in [2.05, 4.69) is 24.3 Å². The van der Waals surface area contributed by atoms with Gasteiger partial charge in [0.1, 0.15) is 0 Å². The molecule has 1 aliphatic rings. The fourth-order valence-electron chi connectivity index (χ4n) is 3.75.